The van der Waals surface area contributed by atoms with Crippen molar-refractivity contribution < 1.29 is 9.53 Å². The zero-order valence-corrected chi connectivity index (χ0v) is 18.3. The molecule has 1 fully saturated rings. The Balaban J connectivity index is 2.43. The molecule has 158 valence electrons. The molecule has 0 aromatic carbocycles. The Bertz CT molecular complexity index is 463. The number of hydrogen-bond acceptors (Lipinski definition) is 4. The lowest BCUT2D eigenvalue weighted by Crippen LogP contribution is -2.57. The number of aliphatic imine (C=N–C) groups is 1. The number of hydrogen-bond donors (Lipinski definition) is 3. The molecule has 3 N–H and O–H groups in total. The molecule has 1 rings (SSSR count). The van der Waals surface area contributed by atoms with Crippen molar-refractivity contribution in [2.45, 2.75) is 77.9 Å². The van der Waals surface area contributed by atoms with Crippen LogP contribution in [0.15, 0.2) is 4.99 Å². The van der Waals surface area contributed by atoms with Crippen LogP contribution in [0.2, 0.25) is 0 Å². The van der Waals surface area contributed by atoms with E-state index in [1.807, 2.05) is 20.8 Å². The highest BCUT2D eigenvalue weighted by molar-refractivity contribution is 5.79. The van der Waals surface area contributed by atoms with Crippen molar-refractivity contribution in [3.63, 3.8) is 0 Å². The maximum absolute atomic E-state index is 12.2. The van der Waals surface area contributed by atoms with E-state index in [4.69, 9.17) is 4.74 Å². The number of ether oxygens (including phenoxy) is 1. The summed E-state index contributed by atoms with van der Waals surface area (Å²) in [6, 6.07) is 0. The second kappa shape index (κ2) is 11.4. The monoisotopic (exact) mass is 383 g/mol. The van der Waals surface area contributed by atoms with Crippen molar-refractivity contribution in [2.24, 2.45) is 4.99 Å². The molecule has 7 heteroatoms. The molecule has 0 spiro atoms. The minimum Gasteiger partial charge on any atom is -0.444 e. The van der Waals surface area contributed by atoms with E-state index in [-0.39, 0.29) is 11.6 Å². The summed E-state index contributed by atoms with van der Waals surface area (Å²) in [6.45, 7) is 14.9. The first-order valence-electron chi connectivity index (χ1n) is 10.4. The maximum Gasteiger partial charge on any atom is 0.408 e. The smallest absolute Gasteiger partial charge is 0.408 e. The Labute approximate surface area is 165 Å². The van der Waals surface area contributed by atoms with Crippen LogP contribution in [0.25, 0.3) is 0 Å². The van der Waals surface area contributed by atoms with Gasteiger partial charge in [-0.25, -0.2) is 4.79 Å². The number of nitrogens with one attached hydrogen (secondary N) is 3. The molecule has 0 aromatic heterocycles. The molecule has 1 heterocycles. The van der Waals surface area contributed by atoms with Gasteiger partial charge in [0.1, 0.15) is 5.60 Å². The number of likely N-dealkylation sites (tertiary alicyclic amines) is 1. The number of carbonyl (C=O) groups is 1. The predicted molar refractivity (Wildman–Crippen MR) is 112 cm³/mol. The van der Waals surface area contributed by atoms with Crippen LogP contribution in [0, 0.1) is 0 Å². The zero-order chi connectivity index (χ0) is 20.3. The molecule has 1 aliphatic heterocycles. The Kier molecular flexibility index (Phi) is 9.91. The van der Waals surface area contributed by atoms with Gasteiger partial charge in [0.2, 0.25) is 0 Å². The molecule has 0 aromatic rings. The number of alkyl carbamates (subject to hydrolysis) is 1. The van der Waals surface area contributed by atoms with Gasteiger partial charge in [-0.05, 0) is 72.5 Å². The molecule has 0 unspecified atom stereocenters. The van der Waals surface area contributed by atoms with Crippen molar-refractivity contribution >= 4 is 12.1 Å². The van der Waals surface area contributed by atoms with Crippen LogP contribution >= 0.6 is 0 Å². The van der Waals surface area contributed by atoms with Gasteiger partial charge >= 0.3 is 6.09 Å². The van der Waals surface area contributed by atoms with Gasteiger partial charge in [0, 0.05) is 20.1 Å². The van der Waals surface area contributed by atoms with Gasteiger partial charge in [-0.2, -0.15) is 0 Å². The second-order valence-corrected chi connectivity index (χ2v) is 8.37. The largest absolute Gasteiger partial charge is 0.444 e. The minimum absolute atomic E-state index is 0.366. The van der Waals surface area contributed by atoms with Crippen molar-refractivity contribution in [3.8, 4) is 0 Å². The van der Waals surface area contributed by atoms with Gasteiger partial charge < -0.3 is 25.6 Å². The predicted octanol–water partition coefficient (Wildman–Crippen LogP) is 2.72. The normalized spacial score (nSPS) is 16.3. The molecule has 1 aliphatic rings. The van der Waals surface area contributed by atoms with Gasteiger partial charge in [0.15, 0.2) is 5.96 Å². The summed E-state index contributed by atoms with van der Waals surface area (Å²) in [6.07, 6.45) is 5.00. The van der Waals surface area contributed by atoms with Gasteiger partial charge in [-0.15, -0.1) is 0 Å². The lowest BCUT2D eigenvalue weighted by molar-refractivity contribution is 0.0448. The summed E-state index contributed by atoms with van der Waals surface area (Å²) < 4.78 is 5.43. The zero-order valence-electron chi connectivity index (χ0n) is 18.3. The molecule has 7 nitrogen and oxygen atoms in total. The van der Waals surface area contributed by atoms with Crippen molar-refractivity contribution in [1.82, 2.24) is 20.9 Å². The van der Waals surface area contributed by atoms with E-state index in [0.717, 1.165) is 38.3 Å². The third-order valence-electron chi connectivity index (χ3n) is 5.08. The molecule has 27 heavy (non-hydrogen) atoms. The van der Waals surface area contributed by atoms with E-state index in [1.54, 1.807) is 7.05 Å². The van der Waals surface area contributed by atoms with Crippen LogP contribution in [0.1, 0.15) is 66.7 Å². The van der Waals surface area contributed by atoms with E-state index < -0.39 is 5.60 Å². The fraction of sp³-hybridized carbons (Fsp3) is 0.900. The topological polar surface area (TPSA) is 78.0 Å². The summed E-state index contributed by atoms with van der Waals surface area (Å²) in [5, 5.41) is 9.79. The SMILES string of the molecule is CCC(CC)(CNC(=NC)NCCCN1CCCC1)NC(=O)OC(C)(C)C. The molecular formula is C20H41N5O2. The quantitative estimate of drug-likeness (QED) is 0.324. The molecule has 1 amide bonds. The highest BCUT2D eigenvalue weighted by atomic mass is 16.6. The lowest BCUT2D eigenvalue weighted by atomic mass is 9.93. The van der Waals surface area contributed by atoms with Gasteiger partial charge in [0.25, 0.3) is 0 Å². The van der Waals surface area contributed by atoms with E-state index >= 15 is 0 Å². The number of nitrogens with zero attached hydrogens (tertiary/aromatic N) is 2. The van der Waals surface area contributed by atoms with E-state index in [2.05, 4.69) is 39.7 Å². The van der Waals surface area contributed by atoms with Crippen molar-refractivity contribution in [3.05, 3.63) is 0 Å². The third-order valence-corrected chi connectivity index (χ3v) is 5.08. The van der Waals surface area contributed by atoms with Crippen molar-refractivity contribution in [1.29, 1.82) is 0 Å². The molecule has 0 aliphatic carbocycles. The highest BCUT2D eigenvalue weighted by Crippen LogP contribution is 2.16. The molecule has 0 atom stereocenters. The second-order valence-electron chi connectivity index (χ2n) is 8.37. The van der Waals surface area contributed by atoms with Gasteiger partial charge in [-0.3, -0.25) is 4.99 Å². The lowest BCUT2D eigenvalue weighted by Gasteiger charge is -2.34. The molecule has 0 radical (unpaired) electrons. The number of guanidine groups is 1. The fourth-order valence-electron chi connectivity index (χ4n) is 3.23. The molecule has 0 saturated carbocycles. The summed E-state index contributed by atoms with van der Waals surface area (Å²) in [7, 11) is 1.77. The van der Waals surface area contributed by atoms with E-state index in [1.165, 1.54) is 25.9 Å². The summed E-state index contributed by atoms with van der Waals surface area (Å²) >= 11 is 0. The van der Waals surface area contributed by atoms with Gasteiger partial charge in [0.05, 0.1) is 5.54 Å². The van der Waals surface area contributed by atoms with E-state index in [9.17, 15) is 4.79 Å². The fourth-order valence-corrected chi connectivity index (χ4v) is 3.23. The first kappa shape index (κ1) is 23.5. The van der Waals surface area contributed by atoms with Crippen LogP contribution in [0.5, 0.6) is 0 Å². The average molecular weight is 384 g/mol. The van der Waals surface area contributed by atoms with Crippen LogP contribution in [-0.4, -0.2) is 67.9 Å². The van der Waals surface area contributed by atoms with Crippen molar-refractivity contribution in [2.75, 3.05) is 39.8 Å². The maximum atomic E-state index is 12.2. The average Bonchev–Trinajstić information content (AvgIpc) is 3.11. The van der Waals surface area contributed by atoms with Gasteiger partial charge in [-0.1, -0.05) is 13.8 Å². The Morgan fingerprint density at radius 2 is 1.74 bits per heavy atom. The van der Waals surface area contributed by atoms with Crippen LogP contribution in [0.4, 0.5) is 4.79 Å². The standard InChI is InChI=1S/C20H41N5O2/c1-7-20(8-2,24-18(26)27-19(3,4)5)16-23-17(21-6)22-12-11-15-25-13-9-10-14-25/h7-16H2,1-6H3,(H,24,26)(H2,21,22,23). The number of carbonyl (C=O) groups excluding carboxylic acids is 1. The highest BCUT2D eigenvalue weighted by Gasteiger charge is 2.30. The minimum atomic E-state index is -0.502. The first-order valence-corrected chi connectivity index (χ1v) is 10.4. The summed E-state index contributed by atoms with van der Waals surface area (Å²) in [5.74, 6) is 0.772. The molecule has 0 bridgehead atoms. The third kappa shape index (κ3) is 9.31. The molecule has 1 saturated heterocycles. The van der Waals surface area contributed by atoms with Crippen LogP contribution < -0.4 is 16.0 Å². The molecular weight excluding hydrogens is 342 g/mol. The first-order chi connectivity index (χ1) is 12.7. The summed E-state index contributed by atoms with van der Waals surface area (Å²) in [5.41, 5.74) is -0.868. The number of rotatable bonds is 9. The Morgan fingerprint density at radius 1 is 1.11 bits per heavy atom. The number of amides is 1. The van der Waals surface area contributed by atoms with Crippen LogP contribution in [0.3, 0.4) is 0 Å². The van der Waals surface area contributed by atoms with E-state index in [0.29, 0.717) is 6.54 Å². The Hall–Kier alpha value is -1.50. The summed E-state index contributed by atoms with van der Waals surface area (Å²) in [4.78, 5) is 19.1. The van der Waals surface area contributed by atoms with Crippen LogP contribution in [-0.2, 0) is 4.74 Å². The Morgan fingerprint density at radius 3 is 2.26 bits per heavy atom.